The molecule has 0 saturated heterocycles. The van der Waals surface area contributed by atoms with Crippen LogP contribution >= 0.6 is 0 Å². The van der Waals surface area contributed by atoms with Gasteiger partial charge in [0.25, 0.3) is 0 Å². The maximum Gasteiger partial charge on any atom is 0.142 e. The van der Waals surface area contributed by atoms with E-state index >= 15 is 0 Å². The summed E-state index contributed by atoms with van der Waals surface area (Å²) in [7, 11) is 3.53. The van der Waals surface area contributed by atoms with Gasteiger partial charge in [0.15, 0.2) is 0 Å². The summed E-state index contributed by atoms with van der Waals surface area (Å²) < 4.78 is 5.32. The molecule has 82 valence electrons. The van der Waals surface area contributed by atoms with Crippen LogP contribution in [0.1, 0.15) is 11.1 Å². The molecule has 0 aliphatic carbocycles. The van der Waals surface area contributed by atoms with Crippen molar-refractivity contribution in [2.45, 2.75) is 13.8 Å². The van der Waals surface area contributed by atoms with E-state index in [4.69, 9.17) is 4.74 Å². The summed E-state index contributed by atoms with van der Waals surface area (Å²) in [5.74, 6) is 0.817. The lowest BCUT2D eigenvalue weighted by atomic mass is 10.1. The number of ether oxygens (including phenoxy) is 1. The molecule has 1 rings (SSSR count). The van der Waals surface area contributed by atoms with Crippen molar-refractivity contribution in [2.75, 3.05) is 25.6 Å². The van der Waals surface area contributed by atoms with Crippen molar-refractivity contribution in [3.05, 3.63) is 23.3 Å². The zero-order valence-corrected chi connectivity index (χ0v) is 9.70. The molecule has 0 heterocycles. The minimum atomic E-state index is 0.375. The highest BCUT2D eigenvalue weighted by atomic mass is 16.5. The third-order valence-electron chi connectivity index (χ3n) is 2.36. The Hall–Kier alpha value is -1.51. The first-order valence-electron chi connectivity index (χ1n) is 4.90. The standard InChI is InChI=1S/C12H17NO2/c1-9-7-10(2)12(11(8-9)15-4)13(3)5-6-14/h6-8H,5H2,1-4H3. The van der Waals surface area contributed by atoms with Gasteiger partial charge in [-0.1, -0.05) is 6.07 Å². The van der Waals surface area contributed by atoms with Gasteiger partial charge in [-0.25, -0.2) is 0 Å². The number of nitrogens with zero attached hydrogens (tertiary/aromatic N) is 1. The molecule has 1 aromatic carbocycles. The van der Waals surface area contributed by atoms with E-state index in [-0.39, 0.29) is 0 Å². The van der Waals surface area contributed by atoms with Crippen LogP contribution in [0, 0.1) is 13.8 Å². The molecule has 0 aliphatic heterocycles. The van der Waals surface area contributed by atoms with E-state index in [1.807, 2.05) is 31.9 Å². The van der Waals surface area contributed by atoms with Crippen molar-refractivity contribution in [1.29, 1.82) is 0 Å². The second-order valence-electron chi connectivity index (χ2n) is 3.68. The number of methoxy groups -OCH3 is 1. The van der Waals surface area contributed by atoms with Gasteiger partial charge in [0.05, 0.1) is 19.3 Å². The third kappa shape index (κ3) is 2.49. The summed E-state index contributed by atoms with van der Waals surface area (Å²) in [6.45, 7) is 4.42. The predicted octanol–water partition coefficient (Wildman–Crippen LogP) is 1.95. The maximum atomic E-state index is 10.5. The van der Waals surface area contributed by atoms with Crippen LogP contribution in [0.4, 0.5) is 5.69 Å². The van der Waals surface area contributed by atoms with Crippen LogP contribution in [0.3, 0.4) is 0 Å². The highest BCUT2D eigenvalue weighted by Crippen LogP contribution is 2.32. The number of rotatable bonds is 4. The number of hydrogen-bond donors (Lipinski definition) is 0. The number of anilines is 1. The van der Waals surface area contributed by atoms with Gasteiger partial charge in [-0.3, -0.25) is 0 Å². The Morgan fingerprint density at radius 3 is 2.60 bits per heavy atom. The number of hydrogen-bond acceptors (Lipinski definition) is 3. The molecule has 0 aromatic heterocycles. The minimum Gasteiger partial charge on any atom is -0.495 e. The summed E-state index contributed by atoms with van der Waals surface area (Å²) in [6.07, 6.45) is 0.888. The Morgan fingerprint density at radius 2 is 2.07 bits per heavy atom. The molecule has 0 spiro atoms. The molecule has 15 heavy (non-hydrogen) atoms. The predicted molar refractivity (Wildman–Crippen MR) is 61.8 cm³/mol. The van der Waals surface area contributed by atoms with Crippen molar-refractivity contribution in [3.8, 4) is 5.75 Å². The second-order valence-corrected chi connectivity index (χ2v) is 3.68. The number of likely N-dealkylation sites (N-methyl/N-ethyl adjacent to an activating group) is 1. The van der Waals surface area contributed by atoms with Gasteiger partial charge in [-0.2, -0.15) is 0 Å². The number of benzene rings is 1. The van der Waals surface area contributed by atoms with E-state index in [2.05, 4.69) is 6.07 Å². The van der Waals surface area contributed by atoms with Gasteiger partial charge in [-0.15, -0.1) is 0 Å². The number of aryl methyl sites for hydroxylation is 2. The molecule has 0 bridgehead atoms. The average molecular weight is 207 g/mol. The fraction of sp³-hybridized carbons (Fsp3) is 0.417. The largest absolute Gasteiger partial charge is 0.495 e. The lowest BCUT2D eigenvalue weighted by molar-refractivity contribution is -0.106. The summed E-state index contributed by atoms with van der Waals surface area (Å²) in [4.78, 5) is 12.4. The van der Waals surface area contributed by atoms with Crippen LogP contribution in [0.5, 0.6) is 5.75 Å². The number of aldehydes is 1. The van der Waals surface area contributed by atoms with Crippen LogP contribution in [0.25, 0.3) is 0 Å². The fourth-order valence-corrected chi connectivity index (χ4v) is 1.77. The van der Waals surface area contributed by atoms with Gasteiger partial charge in [0.1, 0.15) is 12.0 Å². The Kier molecular flexibility index (Phi) is 3.72. The number of carbonyl (C=O) groups excluding carboxylic acids is 1. The fourth-order valence-electron chi connectivity index (χ4n) is 1.77. The summed E-state index contributed by atoms with van der Waals surface area (Å²) in [5, 5.41) is 0. The molecule has 0 atom stereocenters. The van der Waals surface area contributed by atoms with E-state index in [1.165, 1.54) is 0 Å². The minimum absolute atomic E-state index is 0.375. The van der Waals surface area contributed by atoms with Crippen LogP contribution in [-0.2, 0) is 4.79 Å². The van der Waals surface area contributed by atoms with Crippen molar-refractivity contribution in [3.63, 3.8) is 0 Å². The van der Waals surface area contributed by atoms with Crippen LogP contribution in [-0.4, -0.2) is 27.0 Å². The molecule has 0 N–H and O–H groups in total. The first-order chi connectivity index (χ1) is 7.10. The van der Waals surface area contributed by atoms with E-state index < -0.39 is 0 Å². The van der Waals surface area contributed by atoms with Crippen molar-refractivity contribution in [1.82, 2.24) is 0 Å². The first-order valence-corrected chi connectivity index (χ1v) is 4.90. The Labute approximate surface area is 90.7 Å². The van der Waals surface area contributed by atoms with Crippen molar-refractivity contribution >= 4 is 12.0 Å². The van der Waals surface area contributed by atoms with Crippen LogP contribution in [0.2, 0.25) is 0 Å². The zero-order chi connectivity index (χ0) is 11.4. The molecular formula is C12H17NO2. The van der Waals surface area contributed by atoms with Gasteiger partial charge in [0.2, 0.25) is 0 Å². The van der Waals surface area contributed by atoms with E-state index in [0.29, 0.717) is 6.54 Å². The number of carbonyl (C=O) groups is 1. The van der Waals surface area contributed by atoms with Gasteiger partial charge < -0.3 is 14.4 Å². The van der Waals surface area contributed by atoms with Gasteiger partial charge >= 0.3 is 0 Å². The van der Waals surface area contributed by atoms with Gasteiger partial charge in [0, 0.05) is 7.05 Å². The quantitative estimate of drug-likeness (QED) is 0.707. The SMILES string of the molecule is COc1cc(C)cc(C)c1N(C)CC=O. The molecule has 3 nitrogen and oxygen atoms in total. The highest BCUT2D eigenvalue weighted by Gasteiger charge is 2.11. The summed E-state index contributed by atoms with van der Waals surface area (Å²) >= 11 is 0. The smallest absolute Gasteiger partial charge is 0.142 e. The van der Waals surface area contributed by atoms with Crippen LogP contribution in [0.15, 0.2) is 12.1 Å². The molecule has 0 unspecified atom stereocenters. The normalized spacial score (nSPS) is 9.87. The lowest BCUT2D eigenvalue weighted by Gasteiger charge is -2.22. The molecule has 0 fully saturated rings. The molecule has 0 amide bonds. The molecular weight excluding hydrogens is 190 g/mol. The topological polar surface area (TPSA) is 29.5 Å². The van der Waals surface area contributed by atoms with Gasteiger partial charge in [-0.05, 0) is 31.0 Å². The maximum absolute atomic E-state index is 10.5. The lowest BCUT2D eigenvalue weighted by Crippen LogP contribution is -2.21. The Bertz CT molecular complexity index is 361. The molecule has 1 aromatic rings. The molecule has 0 saturated carbocycles. The Morgan fingerprint density at radius 1 is 1.40 bits per heavy atom. The van der Waals surface area contributed by atoms with E-state index in [9.17, 15) is 4.79 Å². The average Bonchev–Trinajstić information content (AvgIpc) is 2.16. The monoisotopic (exact) mass is 207 g/mol. The second kappa shape index (κ2) is 4.82. The Balaban J connectivity index is 3.19. The van der Waals surface area contributed by atoms with E-state index in [0.717, 1.165) is 28.8 Å². The van der Waals surface area contributed by atoms with Crippen LogP contribution < -0.4 is 9.64 Å². The molecule has 0 aliphatic rings. The third-order valence-corrected chi connectivity index (χ3v) is 2.36. The first kappa shape index (κ1) is 11.6. The van der Waals surface area contributed by atoms with Crippen molar-refractivity contribution in [2.24, 2.45) is 0 Å². The highest BCUT2D eigenvalue weighted by molar-refractivity contribution is 5.69. The summed E-state index contributed by atoms with van der Waals surface area (Å²) in [6, 6.07) is 4.06. The summed E-state index contributed by atoms with van der Waals surface area (Å²) in [5.41, 5.74) is 3.26. The molecule has 0 radical (unpaired) electrons. The van der Waals surface area contributed by atoms with E-state index in [1.54, 1.807) is 7.11 Å². The van der Waals surface area contributed by atoms with Crippen molar-refractivity contribution < 1.29 is 9.53 Å². The zero-order valence-electron chi connectivity index (χ0n) is 9.70. The molecule has 3 heteroatoms.